The molecule has 1 unspecified atom stereocenters. The van der Waals surface area contributed by atoms with Crippen molar-refractivity contribution >= 4 is 21.6 Å². The highest BCUT2D eigenvalue weighted by atomic mass is 32.2. The molecule has 1 atom stereocenters. The van der Waals surface area contributed by atoms with Crippen molar-refractivity contribution in [3.05, 3.63) is 23.5 Å². The maximum absolute atomic E-state index is 13.9. The number of nitrogens with zero attached hydrogens (tertiary/aromatic N) is 1. The van der Waals surface area contributed by atoms with Gasteiger partial charge in [-0.15, -0.1) is 0 Å². The first-order valence-corrected chi connectivity index (χ1v) is 7.52. The van der Waals surface area contributed by atoms with Gasteiger partial charge in [-0.3, -0.25) is 4.79 Å². The van der Waals surface area contributed by atoms with Gasteiger partial charge in [-0.05, 0) is 31.0 Å². The van der Waals surface area contributed by atoms with Crippen molar-refractivity contribution in [1.29, 1.82) is 0 Å². The van der Waals surface area contributed by atoms with Crippen LogP contribution in [0.3, 0.4) is 0 Å². The van der Waals surface area contributed by atoms with E-state index in [4.69, 9.17) is 11.5 Å². The van der Waals surface area contributed by atoms with Crippen LogP contribution in [-0.4, -0.2) is 31.7 Å². The lowest BCUT2D eigenvalue weighted by atomic mass is 10.1. The van der Waals surface area contributed by atoms with Gasteiger partial charge in [0.2, 0.25) is 15.9 Å². The number of benzene rings is 1. The Kier molecular flexibility index (Phi) is 3.70. The minimum Gasteiger partial charge on any atom is -0.398 e. The number of sulfonamides is 1. The molecule has 6 nitrogen and oxygen atoms in total. The molecular weight excluding hydrogens is 285 g/mol. The normalized spacial score (nSPS) is 20.2. The number of amides is 1. The molecule has 8 heteroatoms. The third-order valence-corrected chi connectivity index (χ3v) is 5.37. The molecule has 110 valence electrons. The zero-order valence-electron chi connectivity index (χ0n) is 11.0. The first kappa shape index (κ1) is 14.7. The van der Waals surface area contributed by atoms with Crippen molar-refractivity contribution in [3.63, 3.8) is 0 Å². The van der Waals surface area contributed by atoms with Crippen molar-refractivity contribution in [2.75, 3.05) is 18.8 Å². The van der Waals surface area contributed by atoms with Crippen LogP contribution in [0.2, 0.25) is 0 Å². The van der Waals surface area contributed by atoms with E-state index >= 15 is 0 Å². The van der Waals surface area contributed by atoms with Crippen molar-refractivity contribution < 1.29 is 17.6 Å². The van der Waals surface area contributed by atoms with Crippen LogP contribution in [0, 0.1) is 18.7 Å². The van der Waals surface area contributed by atoms with Gasteiger partial charge in [0.1, 0.15) is 10.7 Å². The summed E-state index contributed by atoms with van der Waals surface area (Å²) in [7, 11) is -4.00. The third-order valence-electron chi connectivity index (χ3n) is 3.49. The van der Waals surface area contributed by atoms with Gasteiger partial charge < -0.3 is 11.5 Å². The van der Waals surface area contributed by atoms with Gasteiger partial charge >= 0.3 is 0 Å². The average molecular weight is 301 g/mol. The number of nitrogens with two attached hydrogens (primary N) is 2. The van der Waals surface area contributed by atoms with Crippen molar-refractivity contribution in [2.24, 2.45) is 11.7 Å². The van der Waals surface area contributed by atoms with E-state index in [9.17, 15) is 17.6 Å². The molecule has 20 heavy (non-hydrogen) atoms. The number of hydrogen-bond donors (Lipinski definition) is 2. The van der Waals surface area contributed by atoms with Gasteiger partial charge in [-0.2, -0.15) is 4.31 Å². The second kappa shape index (κ2) is 5.02. The van der Waals surface area contributed by atoms with E-state index in [0.717, 1.165) is 16.4 Å². The molecule has 0 radical (unpaired) electrons. The number of carbonyl (C=O) groups is 1. The van der Waals surface area contributed by atoms with Crippen LogP contribution < -0.4 is 11.5 Å². The topological polar surface area (TPSA) is 106 Å². The number of aryl methyl sites for hydroxylation is 1. The fourth-order valence-electron chi connectivity index (χ4n) is 2.18. The molecule has 0 saturated carbocycles. The standard InChI is InChI=1S/C12H16FN3O3S/c1-7-4-9(13)11(5-10(7)14)20(18,19)16-3-2-8(6-16)12(15)17/h4-5,8H,2-3,6,14H2,1H3,(H2,15,17). The Morgan fingerprint density at radius 3 is 2.65 bits per heavy atom. The molecule has 1 saturated heterocycles. The molecule has 1 aliphatic rings. The van der Waals surface area contributed by atoms with Gasteiger partial charge in [0.05, 0.1) is 5.92 Å². The Hall–Kier alpha value is -1.67. The number of nitrogen functional groups attached to an aromatic ring is 1. The lowest BCUT2D eigenvalue weighted by Crippen LogP contribution is -2.32. The summed E-state index contributed by atoms with van der Waals surface area (Å²) < 4.78 is 39.7. The van der Waals surface area contributed by atoms with Gasteiger partial charge in [0.15, 0.2) is 0 Å². The highest BCUT2D eigenvalue weighted by Crippen LogP contribution is 2.28. The average Bonchev–Trinajstić information content (AvgIpc) is 2.83. The van der Waals surface area contributed by atoms with Crippen LogP contribution in [0.15, 0.2) is 17.0 Å². The predicted octanol–water partition coefficient (Wildman–Crippen LogP) is 0.212. The van der Waals surface area contributed by atoms with Crippen molar-refractivity contribution in [3.8, 4) is 0 Å². The first-order valence-electron chi connectivity index (χ1n) is 6.08. The zero-order valence-corrected chi connectivity index (χ0v) is 11.8. The SMILES string of the molecule is Cc1cc(F)c(S(=O)(=O)N2CCC(C(N)=O)C2)cc1N. The minimum absolute atomic E-state index is 0.0229. The summed E-state index contributed by atoms with van der Waals surface area (Å²) in [4.78, 5) is 10.6. The molecule has 0 spiro atoms. The molecular formula is C12H16FN3O3S. The summed E-state index contributed by atoms with van der Waals surface area (Å²) in [5, 5.41) is 0. The minimum atomic E-state index is -4.00. The predicted molar refractivity (Wildman–Crippen MR) is 71.6 cm³/mol. The summed E-state index contributed by atoms with van der Waals surface area (Å²) >= 11 is 0. The molecule has 0 bridgehead atoms. The number of anilines is 1. The van der Waals surface area contributed by atoms with E-state index in [1.54, 1.807) is 6.92 Å². The summed E-state index contributed by atoms with van der Waals surface area (Å²) in [6, 6.07) is 2.20. The quantitative estimate of drug-likeness (QED) is 0.778. The highest BCUT2D eigenvalue weighted by Gasteiger charge is 2.36. The Morgan fingerprint density at radius 2 is 2.10 bits per heavy atom. The molecule has 4 N–H and O–H groups in total. The van der Waals surface area contributed by atoms with E-state index in [0.29, 0.717) is 12.0 Å². The highest BCUT2D eigenvalue weighted by molar-refractivity contribution is 7.89. The summed E-state index contributed by atoms with van der Waals surface area (Å²) in [5.41, 5.74) is 11.5. The number of primary amides is 1. The molecule has 2 rings (SSSR count). The number of hydrogen-bond acceptors (Lipinski definition) is 4. The molecule has 1 fully saturated rings. The molecule has 1 aromatic rings. The second-order valence-electron chi connectivity index (χ2n) is 4.89. The van der Waals surface area contributed by atoms with Crippen molar-refractivity contribution in [1.82, 2.24) is 4.31 Å². The lowest BCUT2D eigenvalue weighted by Gasteiger charge is -2.17. The van der Waals surface area contributed by atoms with E-state index in [1.807, 2.05) is 0 Å². The summed E-state index contributed by atoms with van der Waals surface area (Å²) in [6.07, 6.45) is 0.345. The van der Waals surface area contributed by atoms with Crippen LogP contribution in [0.4, 0.5) is 10.1 Å². The number of halogens is 1. The van der Waals surface area contributed by atoms with Crippen LogP contribution >= 0.6 is 0 Å². The lowest BCUT2D eigenvalue weighted by molar-refractivity contribution is -0.121. The van der Waals surface area contributed by atoms with E-state index < -0.39 is 32.6 Å². The number of carbonyl (C=O) groups excluding carboxylic acids is 1. The molecule has 0 aromatic heterocycles. The third kappa shape index (κ3) is 2.48. The van der Waals surface area contributed by atoms with Crippen LogP contribution in [0.1, 0.15) is 12.0 Å². The largest absolute Gasteiger partial charge is 0.398 e. The Labute approximate surface area is 116 Å². The van der Waals surface area contributed by atoms with Crippen LogP contribution in [-0.2, 0) is 14.8 Å². The molecule has 1 heterocycles. The van der Waals surface area contributed by atoms with Gasteiger partial charge in [0.25, 0.3) is 0 Å². The second-order valence-corrected chi connectivity index (χ2v) is 6.80. The van der Waals surface area contributed by atoms with E-state index in [1.165, 1.54) is 0 Å². The monoisotopic (exact) mass is 301 g/mol. The van der Waals surface area contributed by atoms with E-state index in [2.05, 4.69) is 0 Å². The first-order chi connectivity index (χ1) is 9.23. The maximum Gasteiger partial charge on any atom is 0.246 e. The molecule has 1 aliphatic heterocycles. The smallest absolute Gasteiger partial charge is 0.246 e. The van der Waals surface area contributed by atoms with Crippen molar-refractivity contribution in [2.45, 2.75) is 18.2 Å². The summed E-state index contributed by atoms with van der Waals surface area (Å²) in [5.74, 6) is -1.93. The molecule has 1 aromatic carbocycles. The summed E-state index contributed by atoms with van der Waals surface area (Å²) in [6.45, 7) is 1.71. The maximum atomic E-state index is 13.9. The van der Waals surface area contributed by atoms with E-state index in [-0.39, 0.29) is 18.8 Å². The number of rotatable bonds is 3. The van der Waals surface area contributed by atoms with Gasteiger partial charge in [0, 0.05) is 18.8 Å². The Morgan fingerprint density at radius 1 is 1.45 bits per heavy atom. The fourth-order valence-corrected chi connectivity index (χ4v) is 3.77. The zero-order chi connectivity index (χ0) is 15.1. The van der Waals surface area contributed by atoms with Crippen LogP contribution in [0.25, 0.3) is 0 Å². The van der Waals surface area contributed by atoms with Gasteiger partial charge in [-0.25, -0.2) is 12.8 Å². The molecule has 0 aliphatic carbocycles. The Bertz CT molecular complexity index is 660. The van der Waals surface area contributed by atoms with Crippen LogP contribution in [0.5, 0.6) is 0 Å². The fraction of sp³-hybridized carbons (Fsp3) is 0.417. The van der Waals surface area contributed by atoms with Gasteiger partial charge in [-0.1, -0.05) is 0 Å². The Balaban J connectivity index is 2.37. The molecule has 1 amide bonds.